The van der Waals surface area contributed by atoms with Gasteiger partial charge in [-0.25, -0.2) is 10.0 Å². The Labute approximate surface area is 189 Å². The molecule has 2 aromatic rings. The highest BCUT2D eigenvalue weighted by molar-refractivity contribution is 8.32. The van der Waals surface area contributed by atoms with Crippen LogP contribution in [0.1, 0.15) is 25.8 Å². The Kier molecular flexibility index (Phi) is 6.77. The second kappa shape index (κ2) is 9.01. The smallest absolute Gasteiger partial charge is 0.272 e. The van der Waals surface area contributed by atoms with Crippen molar-refractivity contribution >= 4 is 44.3 Å². The van der Waals surface area contributed by atoms with Gasteiger partial charge >= 0.3 is 0 Å². The molecule has 0 spiro atoms. The minimum absolute atomic E-state index is 0.0744. The molecule has 8 heteroatoms. The standard InChI is InChI=1S/C23H29N3O3S2/c1-8-15-11-16-12-17(9-10-18(16)24-14-15)28-22(30-4)21(27)25-23(2,3)19-13-20(29-26-19)31(5,6)7/h1,9-12,14,20,22H,13H2,2-7H3,(H,25,27). The number of hydrogen-bond donors (Lipinski definition) is 1. The fourth-order valence-electron chi connectivity index (χ4n) is 3.14. The highest BCUT2D eigenvalue weighted by Gasteiger charge is 2.38. The van der Waals surface area contributed by atoms with Crippen LogP contribution in [0, 0.1) is 12.3 Å². The highest BCUT2D eigenvalue weighted by atomic mass is 32.3. The number of pyridine rings is 1. The van der Waals surface area contributed by atoms with Crippen molar-refractivity contribution in [3.05, 3.63) is 36.0 Å². The highest BCUT2D eigenvalue weighted by Crippen LogP contribution is 2.46. The average Bonchev–Trinajstić information content (AvgIpc) is 3.23. The third-order valence-corrected chi connectivity index (χ3v) is 7.65. The third kappa shape index (κ3) is 5.46. The van der Waals surface area contributed by atoms with Crippen LogP contribution in [0.4, 0.5) is 0 Å². The van der Waals surface area contributed by atoms with Crippen LogP contribution in [0.2, 0.25) is 0 Å². The summed E-state index contributed by atoms with van der Waals surface area (Å²) in [6, 6.07) is 7.37. The molecule has 1 amide bonds. The number of benzene rings is 1. The number of hydrogen-bond acceptors (Lipinski definition) is 6. The summed E-state index contributed by atoms with van der Waals surface area (Å²) in [5.41, 5.74) is 1.07. The lowest BCUT2D eigenvalue weighted by Gasteiger charge is -2.32. The van der Waals surface area contributed by atoms with Crippen LogP contribution in [0.5, 0.6) is 5.75 Å². The lowest BCUT2D eigenvalue weighted by atomic mass is 9.96. The predicted molar refractivity (Wildman–Crippen MR) is 132 cm³/mol. The molecule has 0 fully saturated rings. The number of ether oxygens (including phenoxy) is 1. The molecule has 2 atom stereocenters. The maximum Gasteiger partial charge on any atom is 0.272 e. The van der Waals surface area contributed by atoms with Crippen molar-refractivity contribution in [1.82, 2.24) is 10.3 Å². The molecular formula is C23H29N3O3S2. The Morgan fingerprint density at radius 2 is 2.13 bits per heavy atom. The van der Waals surface area contributed by atoms with E-state index in [1.54, 1.807) is 12.3 Å². The number of thioether (sulfide) groups is 1. The van der Waals surface area contributed by atoms with Crippen LogP contribution in [-0.4, -0.2) is 58.0 Å². The van der Waals surface area contributed by atoms with Crippen molar-refractivity contribution in [3.8, 4) is 18.1 Å². The van der Waals surface area contributed by atoms with Gasteiger partial charge in [0.25, 0.3) is 5.91 Å². The Hall–Kier alpha value is -2.37. The van der Waals surface area contributed by atoms with Gasteiger partial charge in [-0.2, -0.15) is 0 Å². The first-order valence-corrected chi connectivity index (χ1v) is 14.0. The first kappa shape index (κ1) is 23.3. The van der Waals surface area contributed by atoms with Crippen LogP contribution >= 0.6 is 21.8 Å². The van der Waals surface area contributed by atoms with E-state index in [1.807, 2.05) is 38.3 Å². The van der Waals surface area contributed by atoms with E-state index < -0.39 is 21.0 Å². The summed E-state index contributed by atoms with van der Waals surface area (Å²) in [7, 11) is -0.905. The fourth-order valence-corrected chi connectivity index (χ4v) is 4.58. The second-order valence-electron chi connectivity index (χ2n) is 8.73. The molecule has 3 rings (SSSR count). The Morgan fingerprint density at radius 3 is 2.74 bits per heavy atom. The van der Waals surface area contributed by atoms with E-state index in [1.165, 1.54) is 11.8 Å². The molecule has 2 unspecified atom stereocenters. The number of oxime groups is 1. The first-order chi connectivity index (χ1) is 14.5. The summed E-state index contributed by atoms with van der Waals surface area (Å²) in [6.45, 7) is 3.88. The van der Waals surface area contributed by atoms with Crippen LogP contribution in [0.3, 0.4) is 0 Å². The number of fused-ring (bicyclic) bond motifs is 1. The maximum atomic E-state index is 13.0. The largest absolute Gasteiger partial charge is 0.470 e. The SMILES string of the molecule is C#Cc1cnc2ccc(OC(SC)C(=O)NC(C)(C)C3=NOC(S(C)(C)C)C3)cc2c1. The van der Waals surface area contributed by atoms with E-state index in [0.29, 0.717) is 17.7 Å². The molecule has 1 aromatic carbocycles. The number of amides is 1. The van der Waals surface area contributed by atoms with Gasteiger partial charge in [-0.1, -0.05) is 11.1 Å². The van der Waals surface area contributed by atoms with Crippen molar-refractivity contribution in [2.24, 2.45) is 5.16 Å². The van der Waals surface area contributed by atoms with Gasteiger partial charge in [-0.3, -0.25) is 9.78 Å². The van der Waals surface area contributed by atoms with Crippen molar-refractivity contribution in [3.63, 3.8) is 0 Å². The summed E-state index contributed by atoms with van der Waals surface area (Å²) in [4.78, 5) is 23.0. The average molecular weight is 460 g/mol. The topological polar surface area (TPSA) is 72.8 Å². The van der Waals surface area contributed by atoms with Crippen LogP contribution in [0.25, 0.3) is 10.9 Å². The quantitative estimate of drug-likeness (QED) is 0.501. The third-order valence-electron chi connectivity index (χ3n) is 5.08. The molecule has 6 nitrogen and oxygen atoms in total. The van der Waals surface area contributed by atoms with Crippen LogP contribution < -0.4 is 10.1 Å². The maximum absolute atomic E-state index is 13.0. The molecule has 0 radical (unpaired) electrons. The molecule has 1 aliphatic rings. The van der Waals surface area contributed by atoms with E-state index >= 15 is 0 Å². The second-order valence-corrected chi connectivity index (χ2v) is 14.0. The van der Waals surface area contributed by atoms with E-state index in [-0.39, 0.29) is 11.3 Å². The minimum Gasteiger partial charge on any atom is -0.470 e. The first-order valence-electron chi connectivity index (χ1n) is 9.82. The van der Waals surface area contributed by atoms with Gasteiger partial charge in [-0.15, -0.1) is 18.2 Å². The zero-order chi connectivity index (χ0) is 22.8. The lowest BCUT2D eigenvalue weighted by molar-refractivity contribution is -0.125. The number of aromatic nitrogens is 1. The molecule has 1 N–H and O–H groups in total. The zero-order valence-electron chi connectivity index (χ0n) is 18.8. The van der Waals surface area contributed by atoms with Crippen molar-refractivity contribution in [2.75, 3.05) is 25.0 Å². The summed E-state index contributed by atoms with van der Waals surface area (Å²) in [5, 5.41) is 8.21. The fraction of sp³-hybridized carbons (Fsp3) is 0.435. The number of carbonyl (C=O) groups excluding carboxylic acids is 1. The van der Waals surface area contributed by atoms with Gasteiger partial charge in [0.1, 0.15) is 5.75 Å². The molecule has 166 valence electrons. The van der Waals surface area contributed by atoms with Gasteiger partial charge in [0.05, 0.1) is 16.8 Å². The van der Waals surface area contributed by atoms with Gasteiger partial charge < -0.3 is 14.9 Å². The van der Waals surface area contributed by atoms with E-state index in [0.717, 1.165) is 16.6 Å². The molecule has 0 aliphatic carbocycles. The summed E-state index contributed by atoms with van der Waals surface area (Å²) < 4.78 is 6.00. The van der Waals surface area contributed by atoms with Crippen LogP contribution in [0.15, 0.2) is 35.6 Å². The summed E-state index contributed by atoms with van der Waals surface area (Å²) >= 11 is 1.32. The van der Waals surface area contributed by atoms with Gasteiger partial charge in [-0.05, 0) is 63.1 Å². The number of terminal acetylenes is 1. The van der Waals surface area contributed by atoms with Crippen molar-refractivity contribution in [1.29, 1.82) is 0 Å². The van der Waals surface area contributed by atoms with Gasteiger partial charge in [0, 0.05) is 23.6 Å². The van der Waals surface area contributed by atoms with Crippen molar-refractivity contribution < 1.29 is 14.4 Å². The number of rotatable bonds is 7. The molecule has 0 saturated carbocycles. The predicted octanol–water partition coefficient (Wildman–Crippen LogP) is 3.98. The monoisotopic (exact) mass is 459 g/mol. The van der Waals surface area contributed by atoms with Crippen LogP contribution in [-0.2, 0) is 9.63 Å². The van der Waals surface area contributed by atoms with Crippen molar-refractivity contribution in [2.45, 2.75) is 36.7 Å². The summed E-state index contributed by atoms with van der Waals surface area (Å²) in [5.74, 6) is 2.94. The van der Waals surface area contributed by atoms with E-state index in [2.05, 4.69) is 40.1 Å². The normalized spacial score (nSPS) is 18.0. The molecule has 0 saturated heterocycles. The number of carbonyl (C=O) groups is 1. The number of nitrogens with one attached hydrogen (secondary N) is 1. The minimum atomic E-state index is -0.905. The zero-order valence-corrected chi connectivity index (χ0v) is 20.4. The Balaban J connectivity index is 1.70. The van der Waals surface area contributed by atoms with E-state index in [4.69, 9.17) is 16.0 Å². The lowest BCUT2D eigenvalue weighted by Crippen LogP contribution is -2.53. The van der Waals surface area contributed by atoms with Gasteiger partial charge in [0.2, 0.25) is 5.44 Å². The molecule has 31 heavy (non-hydrogen) atoms. The Bertz CT molecular complexity index is 1050. The molecule has 1 aromatic heterocycles. The molecule has 2 heterocycles. The molecule has 1 aliphatic heterocycles. The molecular weight excluding hydrogens is 430 g/mol. The number of nitrogens with zero attached hydrogens (tertiary/aromatic N) is 2. The van der Waals surface area contributed by atoms with Gasteiger partial charge in [0.15, 0.2) is 5.44 Å². The summed E-state index contributed by atoms with van der Waals surface area (Å²) in [6.07, 6.45) is 16.3. The molecule has 0 bridgehead atoms. The Morgan fingerprint density at radius 1 is 1.39 bits per heavy atom. The van der Waals surface area contributed by atoms with E-state index in [9.17, 15) is 4.79 Å².